The first-order valence-corrected chi connectivity index (χ1v) is 7.53. The van der Waals surface area contributed by atoms with Gasteiger partial charge < -0.3 is 4.74 Å². The normalized spacial score (nSPS) is 10.5. The van der Waals surface area contributed by atoms with E-state index in [0.717, 1.165) is 11.3 Å². The number of rotatable bonds is 5. The minimum absolute atomic E-state index is 0.382. The quantitative estimate of drug-likeness (QED) is 0.329. The average Bonchev–Trinajstić information content (AvgIpc) is 2.64. The lowest BCUT2D eigenvalue weighted by Crippen LogP contribution is -2.08. The Hall–Kier alpha value is -3.40. The van der Waals surface area contributed by atoms with Gasteiger partial charge in [-0.15, -0.1) is 0 Å². The molecule has 0 aliphatic heterocycles. The first-order valence-electron chi connectivity index (χ1n) is 7.53. The van der Waals surface area contributed by atoms with Crippen LogP contribution in [0.5, 0.6) is 5.75 Å². The van der Waals surface area contributed by atoms with Crippen LogP contribution in [0.15, 0.2) is 90.0 Å². The van der Waals surface area contributed by atoms with Crippen molar-refractivity contribution in [2.75, 3.05) is 5.43 Å². The molecule has 3 aromatic rings. The molecule has 0 aliphatic carbocycles. The Labute approximate surface area is 140 Å². The van der Waals surface area contributed by atoms with Gasteiger partial charge in [0.05, 0.1) is 17.5 Å². The van der Waals surface area contributed by atoms with Gasteiger partial charge in [-0.25, -0.2) is 4.79 Å². The minimum atomic E-state index is -0.382. The maximum atomic E-state index is 12.1. The molecule has 3 rings (SSSR count). The number of hydrogen-bond donors (Lipinski definition) is 1. The Balaban J connectivity index is 1.65. The molecule has 0 fully saturated rings. The van der Waals surface area contributed by atoms with E-state index < -0.39 is 0 Å². The van der Waals surface area contributed by atoms with Crippen LogP contribution in [0, 0.1) is 0 Å². The highest BCUT2D eigenvalue weighted by Gasteiger charge is 2.07. The molecule has 4 nitrogen and oxygen atoms in total. The SMILES string of the molecule is O=C(Oc1cccc(C=NNc2ccccc2)c1)c1ccccc1. The second-order valence-electron chi connectivity index (χ2n) is 5.06. The lowest BCUT2D eigenvalue weighted by molar-refractivity contribution is 0.0735. The predicted molar refractivity (Wildman–Crippen MR) is 95.5 cm³/mol. The summed E-state index contributed by atoms with van der Waals surface area (Å²) in [6.07, 6.45) is 1.67. The monoisotopic (exact) mass is 316 g/mol. The summed E-state index contributed by atoms with van der Waals surface area (Å²) in [4.78, 5) is 12.1. The van der Waals surface area contributed by atoms with Crippen LogP contribution in [0.3, 0.4) is 0 Å². The number of carbonyl (C=O) groups is 1. The highest BCUT2D eigenvalue weighted by molar-refractivity contribution is 5.91. The van der Waals surface area contributed by atoms with Crippen molar-refractivity contribution in [2.45, 2.75) is 0 Å². The Kier molecular flexibility index (Phi) is 5.00. The van der Waals surface area contributed by atoms with E-state index in [9.17, 15) is 4.79 Å². The Morgan fingerprint density at radius 2 is 1.58 bits per heavy atom. The van der Waals surface area contributed by atoms with Gasteiger partial charge in [0.1, 0.15) is 5.75 Å². The number of benzene rings is 3. The van der Waals surface area contributed by atoms with Crippen molar-refractivity contribution in [1.82, 2.24) is 0 Å². The van der Waals surface area contributed by atoms with E-state index >= 15 is 0 Å². The zero-order valence-corrected chi connectivity index (χ0v) is 12.9. The molecule has 0 amide bonds. The zero-order chi connectivity index (χ0) is 16.6. The summed E-state index contributed by atoms with van der Waals surface area (Å²) in [7, 11) is 0. The minimum Gasteiger partial charge on any atom is -0.423 e. The van der Waals surface area contributed by atoms with Gasteiger partial charge >= 0.3 is 5.97 Å². The van der Waals surface area contributed by atoms with Crippen LogP contribution >= 0.6 is 0 Å². The number of carbonyl (C=O) groups excluding carboxylic acids is 1. The molecular formula is C20H16N2O2. The van der Waals surface area contributed by atoms with Gasteiger partial charge in [-0.05, 0) is 42.0 Å². The van der Waals surface area contributed by atoms with Crippen LogP contribution in [0.4, 0.5) is 5.69 Å². The molecule has 0 saturated carbocycles. The molecule has 1 N–H and O–H groups in total. The number of hydrazone groups is 1. The highest BCUT2D eigenvalue weighted by atomic mass is 16.5. The van der Waals surface area contributed by atoms with Crippen LogP contribution < -0.4 is 10.2 Å². The standard InChI is InChI=1S/C20H16N2O2/c23-20(17-9-3-1-4-10-17)24-19-13-7-8-16(14-19)15-21-22-18-11-5-2-6-12-18/h1-15,22H. The van der Waals surface area contributed by atoms with E-state index in [0.29, 0.717) is 11.3 Å². The summed E-state index contributed by atoms with van der Waals surface area (Å²) in [5.41, 5.74) is 5.19. The Morgan fingerprint density at radius 3 is 2.33 bits per heavy atom. The van der Waals surface area contributed by atoms with Crippen molar-refractivity contribution in [2.24, 2.45) is 5.10 Å². The molecule has 0 unspecified atom stereocenters. The number of anilines is 1. The lowest BCUT2D eigenvalue weighted by Gasteiger charge is -2.05. The van der Waals surface area contributed by atoms with Crippen molar-refractivity contribution in [3.8, 4) is 5.75 Å². The van der Waals surface area contributed by atoms with E-state index in [2.05, 4.69) is 10.5 Å². The first kappa shape index (κ1) is 15.5. The van der Waals surface area contributed by atoms with E-state index in [4.69, 9.17) is 4.74 Å². The zero-order valence-electron chi connectivity index (χ0n) is 12.9. The Bertz CT molecular complexity index is 831. The van der Waals surface area contributed by atoms with E-state index in [1.165, 1.54) is 0 Å². The second-order valence-corrected chi connectivity index (χ2v) is 5.06. The Morgan fingerprint density at radius 1 is 0.875 bits per heavy atom. The molecule has 0 aliphatic rings. The summed E-state index contributed by atoms with van der Waals surface area (Å²) in [5.74, 6) is 0.0969. The average molecular weight is 316 g/mol. The number of hydrogen-bond acceptors (Lipinski definition) is 4. The topological polar surface area (TPSA) is 50.7 Å². The van der Waals surface area contributed by atoms with Crippen molar-refractivity contribution < 1.29 is 9.53 Å². The van der Waals surface area contributed by atoms with Crippen molar-refractivity contribution in [3.63, 3.8) is 0 Å². The third kappa shape index (κ3) is 4.30. The van der Waals surface area contributed by atoms with Crippen molar-refractivity contribution in [3.05, 3.63) is 96.1 Å². The van der Waals surface area contributed by atoms with Crippen LogP contribution in [0.25, 0.3) is 0 Å². The van der Waals surface area contributed by atoms with Gasteiger partial charge in [0.15, 0.2) is 0 Å². The maximum absolute atomic E-state index is 12.1. The fourth-order valence-electron chi connectivity index (χ4n) is 2.09. The van der Waals surface area contributed by atoms with Gasteiger partial charge in [0, 0.05) is 0 Å². The predicted octanol–water partition coefficient (Wildman–Crippen LogP) is 4.35. The van der Waals surface area contributed by atoms with Gasteiger partial charge in [-0.3, -0.25) is 5.43 Å². The third-order valence-electron chi connectivity index (χ3n) is 3.26. The van der Waals surface area contributed by atoms with Gasteiger partial charge in [-0.2, -0.15) is 5.10 Å². The molecule has 0 saturated heterocycles. The molecule has 4 heteroatoms. The molecule has 0 heterocycles. The molecular weight excluding hydrogens is 300 g/mol. The van der Waals surface area contributed by atoms with E-state index in [-0.39, 0.29) is 5.97 Å². The summed E-state index contributed by atoms with van der Waals surface area (Å²) in [6.45, 7) is 0. The largest absolute Gasteiger partial charge is 0.423 e. The molecule has 0 radical (unpaired) electrons. The number of esters is 1. The smallest absolute Gasteiger partial charge is 0.343 e. The fraction of sp³-hybridized carbons (Fsp3) is 0. The maximum Gasteiger partial charge on any atom is 0.343 e. The third-order valence-corrected chi connectivity index (χ3v) is 3.26. The molecule has 0 aromatic heterocycles. The fourth-order valence-corrected chi connectivity index (χ4v) is 2.09. The molecule has 0 spiro atoms. The lowest BCUT2D eigenvalue weighted by atomic mass is 10.2. The summed E-state index contributed by atoms with van der Waals surface area (Å²) in [6, 6.07) is 25.8. The summed E-state index contributed by atoms with van der Waals surface area (Å²) < 4.78 is 5.38. The van der Waals surface area contributed by atoms with Crippen LogP contribution in [0.1, 0.15) is 15.9 Å². The van der Waals surface area contributed by atoms with Crippen LogP contribution in [0.2, 0.25) is 0 Å². The number of para-hydroxylation sites is 1. The number of ether oxygens (including phenoxy) is 1. The van der Waals surface area contributed by atoms with Crippen molar-refractivity contribution >= 4 is 17.9 Å². The van der Waals surface area contributed by atoms with Crippen LogP contribution in [-0.4, -0.2) is 12.2 Å². The second kappa shape index (κ2) is 7.74. The molecule has 24 heavy (non-hydrogen) atoms. The van der Waals surface area contributed by atoms with E-state index in [1.54, 1.807) is 42.6 Å². The highest BCUT2D eigenvalue weighted by Crippen LogP contribution is 2.14. The van der Waals surface area contributed by atoms with E-state index in [1.807, 2.05) is 48.5 Å². The number of nitrogens with zero attached hydrogens (tertiary/aromatic N) is 1. The molecule has 0 bridgehead atoms. The molecule has 0 atom stereocenters. The van der Waals surface area contributed by atoms with Crippen LogP contribution in [-0.2, 0) is 0 Å². The molecule has 118 valence electrons. The van der Waals surface area contributed by atoms with Gasteiger partial charge in [0.2, 0.25) is 0 Å². The first-order chi connectivity index (χ1) is 11.8. The van der Waals surface area contributed by atoms with Gasteiger partial charge in [0.25, 0.3) is 0 Å². The van der Waals surface area contributed by atoms with Gasteiger partial charge in [-0.1, -0.05) is 48.5 Å². The summed E-state index contributed by atoms with van der Waals surface area (Å²) in [5, 5.41) is 4.17. The molecule has 3 aromatic carbocycles. The van der Waals surface area contributed by atoms with Crippen molar-refractivity contribution in [1.29, 1.82) is 0 Å². The number of nitrogens with one attached hydrogen (secondary N) is 1. The summed E-state index contributed by atoms with van der Waals surface area (Å²) >= 11 is 0.